The van der Waals surface area contributed by atoms with Crippen LogP contribution in [0.3, 0.4) is 0 Å². The quantitative estimate of drug-likeness (QED) is 0.262. The van der Waals surface area contributed by atoms with Crippen LogP contribution in [0.1, 0.15) is 130 Å². The molecule has 0 radical (unpaired) electrons. The lowest BCUT2D eigenvalue weighted by Crippen LogP contribution is -2.62. The normalized spacial score (nSPS) is 55.5. The van der Waals surface area contributed by atoms with Gasteiger partial charge in [0.05, 0.1) is 130 Å². The maximum absolute atomic E-state index is 14.5. The largest absolute Gasteiger partial charge is 0.459 e. The van der Waals surface area contributed by atoms with E-state index >= 15 is 0 Å². The van der Waals surface area contributed by atoms with Crippen LogP contribution < -0.4 is 0 Å². The zero-order valence-corrected chi connectivity index (χ0v) is 46.0. The van der Waals surface area contributed by atoms with Crippen molar-refractivity contribution >= 4 is 5.97 Å². The van der Waals surface area contributed by atoms with E-state index < -0.39 is 48.7 Å². The third-order valence-corrected chi connectivity index (χ3v) is 21.1. The molecule has 16 heterocycles. The molecule has 31 atom stereocenters. The van der Waals surface area contributed by atoms with Crippen molar-refractivity contribution in [2.45, 2.75) is 295 Å². The van der Waals surface area contributed by atoms with Crippen molar-refractivity contribution < 1.29 is 91.2 Å². The highest BCUT2D eigenvalue weighted by Crippen LogP contribution is 2.56. The SMILES string of the molecule is C=C1C[C@@H]2CCO[C@H]3[C@@H]4O[C@H]5CC[C@H](CC(=O)O[C@@H]6[C@@H](C)[C@@H]7O[C@@H]8C[C@]9(CC%10O[C@@]%11(C[C@H](C)C%10O9)C[C@H](C)[C@@H]9O[C@H]([C@@H](O)C[C@@H](O)CO)C[C@@H]9O%11)O[C@@H]8C[C@@H]7O[C@H]6C[C@H]6O[C@@H](CCC1O2)C[C@@H](C)C6=C)O[C@@H]5[C@@H]1OC[C@@H]3O[C@@H]14. The van der Waals surface area contributed by atoms with Crippen LogP contribution in [0, 0.1) is 23.7 Å². The summed E-state index contributed by atoms with van der Waals surface area (Å²) in [5.74, 6) is -1.94. The molecule has 16 saturated heterocycles. The van der Waals surface area contributed by atoms with E-state index in [1.54, 1.807) is 0 Å². The molecule has 0 aromatic carbocycles. The smallest absolute Gasteiger partial charge is 0.308 e. The zero-order chi connectivity index (χ0) is 53.5. The number of rotatable bonds is 4. The van der Waals surface area contributed by atoms with Crippen LogP contribution in [-0.2, 0) is 75.8 Å². The van der Waals surface area contributed by atoms with Gasteiger partial charge in [0.15, 0.2) is 11.6 Å². The number of hydrogen-bond acceptors (Lipinski definition) is 19. The second-order valence-corrected chi connectivity index (χ2v) is 26.6. The fraction of sp³-hybridized carbons (Fsp3) is 0.915. The minimum Gasteiger partial charge on any atom is -0.459 e. The van der Waals surface area contributed by atoms with E-state index in [0.717, 1.165) is 43.3 Å². The lowest BCUT2D eigenvalue weighted by molar-refractivity contribution is -0.347. The van der Waals surface area contributed by atoms with Gasteiger partial charge in [0.2, 0.25) is 0 Å². The van der Waals surface area contributed by atoms with Crippen molar-refractivity contribution in [1.29, 1.82) is 0 Å². The van der Waals surface area contributed by atoms with Crippen LogP contribution in [0.25, 0.3) is 0 Å². The van der Waals surface area contributed by atoms with Gasteiger partial charge in [-0.3, -0.25) is 4.79 Å². The summed E-state index contributed by atoms with van der Waals surface area (Å²) in [6.45, 7) is 18.3. The van der Waals surface area contributed by atoms with Crippen LogP contribution in [0.15, 0.2) is 24.3 Å². The second kappa shape index (κ2) is 21.1. The Morgan fingerprint density at radius 3 is 2.09 bits per heavy atom. The van der Waals surface area contributed by atoms with Crippen molar-refractivity contribution in [3.8, 4) is 0 Å². The van der Waals surface area contributed by atoms with Gasteiger partial charge >= 0.3 is 5.97 Å². The van der Waals surface area contributed by atoms with Crippen LogP contribution in [-0.4, -0.2) is 205 Å². The van der Waals surface area contributed by atoms with Crippen molar-refractivity contribution in [3.63, 3.8) is 0 Å². The lowest BCUT2D eigenvalue weighted by Gasteiger charge is -2.50. The van der Waals surface area contributed by atoms with Gasteiger partial charge in [0, 0.05) is 63.9 Å². The minimum atomic E-state index is -1.02. The first kappa shape index (κ1) is 54.2. The van der Waals surface area contributed by atoms with E-state index in [1.807, 2.05) is 0 Å². The van der Waals surface area contributed by atoms with Crippen molar-refractivity contribution in [2.75, 3.05) is 19.8 Å². The van der Waals surface area contributed by atoms with E-state index in [9.17, 15) is 20.1 Å². The predicted octanol–water partition coefficient (Wildman–Crippen LogP) is 4.44. The van der Waals surface area contributed by atoms with Crippen LogP contribution in [0.2, 0.25) is 0 Å². The molecule has 0 amide bonds. The molecule has 16 rings (SSSR count). The molecule has 78 heavy (non-hydrogen) atoms. The fourth-order valence-electron chi connectivity index (χ4n) is 17.3. The molecule has 436 valence electrons. The average Bonchev–Trinajstić information content (AvgIpc) is 4.40. The Morgan fingerprint density at radius 2 is 1.24 bits per heavy atom. The maximum Gasteiger partial charge on any atom is 0.308 e. The molecule has 16 aliphatic rings. The highest BCUT2D eigenvalue weighted by atomic mass is 16.8. The first-order valence-electron chi connectivity index (χ1n) is 30.3. The highest BCUT2D eigenvalue weighted by molar-refractivity contribution is 5.70. The predicted molar refractivity (Wildman–Crippen MR) is 272 cm³/mol. The van der Waals surface area contributed by atoms with Crippen LogP contribution >= 0.6 is 0 Å². The number of fused-ring (bicyclic) bond motifs is 6. The lowest BCUT2D eigenvalue weighted by atomic mass is 9.79. The number of carbonyl (C=O) groups is 1. The highest BCUT2D eigenvalue weighted by Gasteiger charge is 2.66. The van der Waals surface area contributed by atoms with Gasteiger partial charge in [0.1, 0.15) is 42.7 Å². The summed E-state index contributed by atoms with van der Waals surface area (Å²) < 4.78 is 102. The molecule has 11 bridgehead atoms. The maximum atomic E-state index is 14.5. The molecule has 0 saturated carbocycles. The van der Waals surface area contributed by atoms with Gasteiger partial charge in [-0.15, -0.1) is 0 Å². The molecule has 3 unspecified atom stereocenters. The van der Waals surface area contributed by atoms with Crippen molar-refractivity contribution in [2.24, 2.45) is 23.7 Å². The number of aliphatic hydroxyl groups is 3. The molecule has 2 spiro atoms. The third kappa shape index (κ3) is 9.84. The average molecular weight is 1100 g/mol. The molecule has 16 fully saturated rings. The van der Waals surface area contributed by atoms with E-state index in [0.29, 0.717) is 71.0 Å². The van der Waals surface area contributed by atoms with Gasteiger partial charge < -0.3 is 86.4 Å². The van der Waals surface area contributed by atoms with E-state index in [-0.39, 0.29) is 165 Å². The Labute approximate surface area is 458 Å². The first-order valence-corrected chi connectivity index (χ1v) is 30.3. The Balaban J connectivity index is 0.677. The number of carbonyl (C=O) groups excluding carboxylic acids is 1. The van der Waals surface area contributed by atoms with E-state index in [2.05, 4.69) is 40.9 Å². The monoisotopic (exact) mass is 1100 g/mol. The zero-order valence-electron chi connectivity index (χ0n) is 46.0. The number of esters is 1. The van der Waals surface area contributed by atoms with Gasteiger partial charge in [-0.2, -0.15) is 0 Å². The molecule has 0 aliphatic carbocycles. The first-order chi connectivity index (χ1) is 37.6. The van der Waals surface area contributed by atoms with Crippen molar-refractivity contribution in [3.05, 3.63) is 24.3 Å². The summed E-state index contributed by atoms with van der Waals surface area (Å²) in [6, 6.07) is 0. The number of aliphatic hydroxyl groups excluding tert-OH is 3. The standard InChI is InChI=1S/C59H86O19/c1-26-13-33-7-9-37-27(2)14-35(66-37)11-12-64-53-47-25-65-55-54-38(70-56(53)57(55)73-47)10-8-34(68-54)16-48(63)74-52-31(6)51-43(69-42(52)17-39(67-33)30(26)5)19-41-45(72-51)22-59(75-41)23-46-50(78-59)29(4)21-58(77-46)20-28(3)49-44(76-58)18-40(71-49)36(62)15-32(61)24-60/h26,28-29,31-47,49-57,60-62H,2,5,7-25H2,1,3-4,6H3/t26-,28+,29+,31+,32-,33+,34-,35+,36+,37?,38+,39-,40+,41-,42+,43+,44+,45-,46?,47+,49+,50?,51+,52-,53-,54+,55+,56+,57+,58-,59+/m1/s1. The molecule has 0 aromatic heterocycles. The molecular weight excluding hydrogens is 1010 g/mol. The summed E-state index contributed by atoms with van der Waals surface area (Å²) >= 11 is 0. The summed E-state index contributed by atoms with van der Waals surface area (Å²) in [4.78, 5) is 14.5. The summed E-state index contributed by atoms with van der Waals surface area (Å²) in [5, 5.41) is 30.3. The Kier molecular flexibility index (Phi) is 14.7. The van der Waals surface area contributed by atoms with Gasteiger partial charge in [0.25, 0.3) is 0 Å². The number of hydrogen-bond donors (Lipinski definition) is 3. The molecule has 19 nitrogen and oxygen atoms in total. The molecule has 0 aromatic rings. The fourth-order valence-corrected chi connectivity index (χ4v) is 17.3. The summed E-state index contributed by atoms with van der Waals surface area (Å²) in [5.41, 5.74) is 2.14. The van der Waals surface area contributed by atoms with Gasteiger partial charge in [-0.05, 0) is 73.8 Å². The van der Waals surface area contributed by atoms with E-state index in [4.69, 9.17) is 71.1 Å². The summed E-state index contributed by atoms with van der Waals surface area (Å²) in [6.07, 6.45) is 0.790. The Bertz CT molecular complexity index is 2240. The molecule has 16 aliphatic heterocycles. The Hall–Kier alpha value is -1.73. The third-order valence-electron chi connectivity index (χ3n) is 21.1. The van der Waals surface area contributed by atoms with Crippen LogP contribution in [0.5, 0.6) is 0 Å². The number of ether oxygens (including phenoxy) is 15. The molecule has 19 heteroatoms. The van der Waals surface area contributed by atoms with Crippen molar-refractivity contribution in [1.82, 2.24) is 0 Å². The Morgan fingerprint density at radius 1 is 0.538 bits per heavy atom. The topological polar surface area (TPSA) is 216 Å². The van der Waals surface area contributed by atoms with Gasteiger partial charge in [-0.1, -0.05) is 40.9 Å². The second-order valence-electron chi connectivity index (χ2n) is 26.6. The van der Waals surface area contributed by atoms with Gasteiger partial charge in [-0.25, -0.2) is 0 Å². The minimum absolute atomic E-state index is 0.0182. The van der Waals surface area contributed by atoms with E-state index in [1.165, 1.54) is 0 Å². The molecular formula is C59H86O19. The summed E-state index contributed by atoms with van der Waals surface area (Å²) in [7, 11) is 0. The van der Waals surface area contributed by atoms with Crippen LogP contribution in [0.4, 0.5) is 0 Å². The molecule has 3 N–H and O–H groups in total.